The van der Waals surface area contributed by atoms with Gasteiger partial charge in [0, 0.05) is 13.2 Å². The predicted molar refractivity (Wildman–Crippen MR) is 78.9 cm³/mol. The fraction of sp³-hybridized carbons (Fsp3) is 0.200. The molecule has 1 aromatic carbocycles. The van der Waals surface area contributed by atoms with Crippen LogP contribution in [0.25, 0.3) is 11.0 Å². The van der Waals surface area contributed by atoms with Crippen LogP contribution in [0, 0.1) is 0 Å². The Kier molecular flexibility index (Phi) is 3.50. The molecule has 20 heavy (non-hydrogen) atoms. The Morgan fingerprint density at radius 1 is 1.15 bits per heavy atom. The molecule has 0 amide bonds. The van der Waals surface area contributed by atoms with E-state index in [1.165, 1.54) is 0 Å². The van der Waals surface area contributed by atoms with E-state index in [0.29, 0.717) is 13.2 Å². The van der Waals surface area contributed by atoms with Crippen molar-refractivity contribution >= 4 is 16.9 Å². The van der Waals surface area contributed by atoms with Crippen LogP contribution in [0.5, 0.6) is 5.75 Å². The fourth-order valence-electron chi connectivity index (χ4n) is 2.05. The monoisotopic (exact) mass is 268 g/mol. The van der Waals surface area contributed by atoms with E-state index in [9.17, 15) is 0 Å². The molecular weight excluding hydrogens is 252 g/mol. The second-order valence-corrected chi connectivity index (χ2v) is 4.47. The van der Waals surface area contributed by atoms with E-state index in [4.69, 9.17) is 4.74 Å². The summed E-state index contributed by atoms with van der Waals surface area (Å²) in [5, 5.41) is 3.26. The van der Waals surface area contributed by atoms with E-state index in [1.807, 2.05) is 48.0 Å². The summed E-state index contributed by atoms with van der Waals surface area (Å²) < 4.78 is 7.60. The quantitative estimate of drug-likeness (QED) is 0.722. The second kappa shape index (κ2) is 5.61. The predicted octanol–water partition coefficient (Wildman–Crippen LogP) is 2.46. The van der Waals surface area contributed by atoms with Crippen LogP contribution in [0.15, 0.2) is 48.9 Å². The normalized spacial score (nSPS) is 10.7. The van der Waals surface area contributed by atoms with Gasteiger partial charge in [0.2, 0.25) is 0 Å². The highest BCUT2D eigenvalue weighted by molar-refractivity contribution is 5.85. The van der Waals surface area contributed by atoms with Gasteiger partial charge in [-0.05, 0) is 18.2 Å². The largest absolute Gasteiger partial charge is 0.492 e. The lowest BCUT2D eigenvalue weighted by molar-refractivity contribution is 0.333. The lowest BCUT2D eigenvalue weighted by Gasteiger charge is -2.08. The van der Waals surface area contributed by atoms with Crippen LogP contribution in [-0.2, 0) is 7.05 Å². The van der Waals surface area contributed by atoms with E-state index in [0.717, 1.165) is 22.6 Å². The molecule has 2 aromatic heterocycles. The maximum atomic E-state index is 5.63. The summed E-state index contributed by atoms with van der Waals surface area (Å²) >= 11 is 0. The Morgan fingerprint density at radius 2 is 2.00 bits per heavy atom. The Labute approximate surface area is 117 Å². The molecule has 0 aliphatic rings. The van der Waals surface area contributed by atoms with E-state index in [1.54, 1.807) is 12.5 Å². The average Bonchev–Trinajstić information content (AvgIpc) is 2.87. The Morgan fingerprint density at radius 3 is 2.85 bits per heavy atom. The molecule has 2 heterocycles. The number of aromatic nitrogens is 3. The minimum absolute atomic E-state index is 0.578. The van der Waals surface area contributed by atoms with E-state index in [-0.39, 0.29) is 0 Å². The molecule has 0 atom stereocenters. The summed E-state index contributed by atoms with van der Waals surface area (Å²) in [5.74, 6) is 1.66. The molecule has 0 saturated carbocycles. The molecule has 0 radical (unpaired) electrons. The van der Waals surface area contributed by atoms with Gasteiger partial charge < -0.3 is 14.6 Å². The molecule has 3 aromatic rings. The van der Waals surface area contributed by atoms with Crippen LogP contribution in [-0.4, -0.2) is 27.7 Å². The Bertz CT molecular complexity index is 693. The number of anilines is 1. The zero-order valence-electron chi connectivity index (χ0n) is 11.3. The molecule has 0 bridgehead atoms. The number of nitrogens with zero attached hydrogens (tertiary/aromatic N) is 3. The van der Waals surface area contributed by atoms with Gasteiger partial charge in [0.15, 0.2) is 5.82 Å². The highest BCUT2D eigenvalue weighted by Gasteiger charge is 2.05. The van der Waals surface area contributed by atoms with Crippen LogP contribution >= 0.6 is 0 Å². The number of aryl methyl sites for hydroxylation is 1. The summed E-state index contributed by atoms with van der Waals surface area (Å²) in [6.07, 6.45) is 3.57. The standard InChI is InChI=1S/C15H16N4O/c1-19-11-18-14-13(19)7-8-16-15(14)17-9-10-20-12-5-3-2-4-6-12/h2-8,11H,9-10H2,1H3,(H,16,17). The summed E-state index contributed by atoms with van der Waals surface area (Å²) in [6.45, 7) is 1.26. The van der Waals surface area contributed by atoms with Gasteiger partial charge >= 0.3 is 0 Å². The van der Waals surface area contributed by atoms with Gasteiger partial charge in [0.1, 0.15) is 17.9 Å². The molecule has 3 rings (SSSR count). The lowest BCUT2D eigenvalue weighted by Crippen LogP contribution is -2.12. The number of rotatable bonds is 5. The highest BCUT2D eigenvalue weighted by atomic mass is 16.5. The number of nitrogens with one attached hydrogen (secondary N) is 1. The first kappa shape index (κ1) is 12.5. The molecule has 5 nitrogen and oxygen atoms in total. The van der Waals surface area contributed by atoms with Crippen LogP contribution in [0.2, 0.25) is 0 Å². The average molecular weight is 268 g/mol. The third-order valence-electron chi connectivity index (χ3n) is 3.05. The highest BCUT2D eigenvalue weighted by Crippen LogP contribution is 2.18. The SMILES string of the molecule is Cn1cnc2c(NCCOc3ccccc3)nccc21. The molecule has 102 valence electrons. The molecule has 0 aliphatic carbocycles. The van der Waals surface area contributed by atoms with Crippen molar-refractivity contribution in [2.24, 2.45) is 7.05 Å². The molecule has 0 unspecified atom stereocenters. The maximum Gasteiger partial charge on any atom is 0.154 e. The van der Waals surface area contributed by atoms with E-state index < -0.39 is 0 Å². The Balaban J connectivity index is 1.60. The van der Waals surface area contributed by atoms with Gasteiger partial charge in [0.05, 0.1) is 18.4 Å². The summed E-state index contributed by atoms with van der Waals surface area (Å²) in [4.78, 5) is 8.67. The lowest BCUT2D eigenvalue weighted by atomic mass is 10.3. The third-order valence-corrected chi connectivity index (χ3v) is 3.05. The smallest absolute Gasteiger partial charge is 0.154 e. The summed E-state index contributed by atoms with van der Waals surface area (Å²) in [6, 6.07) is 11.7. The van der Waals surface area contributed by atoms with Gasteiger partial charge in [-0.1, -0.05) is 18.2 Å². The van der Waals surface area contributed by atoms with Crippen LogP contribution in [0.4, 0.5) is 5.82 Å². The third kappa shape index (κ3) is 2.56. The molecule has 0 fully saturated rings. The van der Waals surface area contributed by atoms with Gasteiger partial charge in [-0.2, -0.15) is 0 Å². The molecule has 0 aliphatic heterocycles. The van der Waals surface area contributed by atoms with Crippen LogP contribution < -0.4 is 10.1 Å². The van der Waals surface area contributed by atoms with E-state index in [2.05, 4.69) is 15.3 Å². The first-order valence-corrected chi connectivity index (χ1v) is 6.52. The van der Waals surface area contributed by atoms with Crippen molar-refractivity contribution in [3.8, 4) is 5.75 Å². The van der Waals surface area contributed by atoms with Gasteiger partial charge in [0.25, 0.3) is 0 Å². The summed E-state index contributed by atoms with van der Waals surface area (Å²) in [5.41, 5.74) is 1.95. The van der Waals surface area contributed by atoms with Crippen molar-refractivity contribution < 1.29 is 4.74 Å². The number of hydrogen-bond acceptors (Lipinski definition) is 4. The molecular formula is C15H16N4O. The molecule has 1 N–H and O–H groups in total. The maximum absolute atomic E-state index is 5.63. The topological polar surface area (TPSA) is 52.0 Å². The van der Waals surface area contributed by atoms with Crippen molar-refractivity contribution in [3.05, 3.63) is 48.9 Å². The van der Waals surface area contributed by atoms with Crippen molar-refractivity contribution in [2.75, 3.05) is 18.5 Å². The number of pyridine rings is 1. The first-order chi connectivity index (χ1) is 9.84. The number of imidazole rings is 1. The fourth-order valence-corrected chi connectivity index (χ4v) is 2.05. The van der Waals surface area contributed by atoms with Crippen molar-refractivity contribution in [1.82, 2.24) is 14.5 Å². The number of ether oxygens (including phenoxy) is 1. The first-order valence-electron chi connectivity index (χ1n) is 6.52. The number of para-hydroxylation sites is 1. The zero-order chi connectivity index (χ0) is 13.8. The van der Waals surface area contributed by atoms with Gasteiger partial charge in [-0.25, -0.2) is 9.97 Å². The minimum atomic E-state index is 0.578. The van der Waals surface area contributed by atoms with Crippen molar-refractivity contribution in [3.63, 3.8) is 0 Å². The summed E-state index contributed by atoms with van der Waals surface area (Å²) in [7, 11) is 1.97. The second-order valence-electron chi connectivity index (χ2n) is 4.47. The number of fused-ring (bicyclic) bond motifs is 1. The Hall–Kier alpha value is -2.56. The number of benzene rings is 1. The number of hydrogen-bond donors (Lipinski definition) is 1. The minimum Gasteiger partial charge on any atom is -0.492 e. The zero-order valence-corrected chi connectivity index (χ0v) is 11.3. The van der Waals surface area contributed by atoms with Crippen molar-refractivity contribution in [1.29, 1.82) is 0 Å². The van der Waals surface area contributed by atoms with Gasteiger partial charge in [-0.15, -0.1) is 0 Å². The molecule has 0 saturated heterocycles. The van der Waals surface area contributed by atoms with Crippen LogP contribution in [0.3, 0.4) is 0 Å². The van der Waals surface area contributed by atoms with Crippen molar-refractivity contribution in [2.45, 2.75) is 0 Å². The van der Waals surface area contributed by atoms with Gasteiger partial charge in [-0.3, -0.25) is 0 Å². The molecule has 5 heteroatoms. The van der Waals surface area contributed by atoms with Crippen LogP contribution in [0.1, 0.15) is 0 Å². The van der Waals surface area contributed by atoms with E-state index >= 15 is 0 Å². The molecule has 0 spiro atoms.